The molecule has 0 fully saturated rings. The summed E-state index contributed by atoms with van der Waals surface area (Å²) in [6.07, 6.45) is 15.0. The Morgan fingerprint density at radius 2 is 1.82 bits per heavy atom. The van der Waals surface area contributed by atoms with E-state index in [4.69, 9.17) is 0 Å². The van der Waals surface area contributed by atoms with E-state index in [1.165, 1.54) is 4.91 Å². The Balaban J connectivity index is 4.61. The van der Waals surface area contributed by atoms with Crippen molar-refractivity contribution in [1.29, 1.82) is 0 Å². The number of hydrogen-bond donors (Lipinski definition) is 0. The zero-order chi connectivity index (χ0) is 8.91. The zero-order valence-corrected chi connectivity index (χ0v) is 8.74. The third-order valence-electron chi connectivity index (χ3n) is 1.32. The van der Waals surface area contributed by atoms with Gasteiger partial charge in [-0.3, -0.25) is 0 Å². The first-order valence-electron chi connectivity index (χ1n) is 3.66. The van der Waals surface area contributed by atoms with Gasteiger partial charge in [-0.2, -0.15) is 0 Å². The fraction of sp³-hybridized carbons (Fsp3) is 0.400. The lowest BCUT2D eigenvalue weighted by Crippen LogP contribution is -1.93. The molecule has 0 aliphatic heterocycles. The van der Waals surface area contributed by atoms with Crippen LogP contribution in [0.3, 0.4) is 0 Å². The lowest BCUT2D eigenvalue weighted by atomic mass is 10.4. The lowest BCUT2D eigenvalue weighted by molar-refractivity contribution is 1.70. The van der Waals surface area contributed by atoms with Gasteiger partial charge in [-0.15, -0.1) is 0 Å². The first-order valence-corrected chi connectivity index (χ1v) is 6.52. The highest BCUT2D eigenvalue weighted by molar-refractivity contribution is 8.35. The molecule has 0 radical (unpaired) electrons. The molecule has 0 aromatic heterocycles. The summed E-state index contributed by atoms with van der Waals surface area (Å²) in [5, 5.41) is 0. The third-order valence-corrected chi connectivity index (χ3v) is 3.01. The zero-order valence-electron chi connectivity index (χ0n) is 7.92. The minimum atomic E-state index is -0.586. The monoisotopic (exact) mass is 170 g/mol. The van der Waals surface area contributed by atoms with E-state index in [9.17, 15) is 0 Å². The molecule has 1 heteroatoms. The molecule has 0 heterocycles. The molecule has 0 rings (SSSR count). The van der Waals surface area contributed by atoms with Gasteiger partial charge in [0.2, 0.25) is 0 Å². The first-order chi connectivity index (χ1) is 5.02. The Morgan fingerprint density at radius 3 is 2.09 bits per heavy atom. The summed E-state index contributed by atoms with van der Waals surface area (Å²) in [6, 6.07) is 0. The van der Waals surface area contributed by atoms with Crippen LogP contribution in [-0.2, 0) is 0 Å². The molecule has 0 aromatic carbocycles. The lowest BCUT2D eigenvalue weighted by Gasteiger charge is -2.26. The molecule has 0 nitrogen and oxygen atoms in total. The quantitative estimate of drug-likeness (QED) is 0.570. The van der Waals surface area contributed by atoms with Crippen molar-refractivity contribution >= 4 is 10.0 Å². The van der Waals surface area contributed by atoms with Crippen LogP contribution in [0.1, 0.15) is 6.92 Å². The molecule has 0 saturated carbocycles. The van der Waals surface area contributed by atoms with E-state index in [-0.39, 0.29) is 0 Å². The van der Waals surface area contributed by atoms with Crippen molar-refractivity contribution < 1.29 is 0 Å². The Kier molecular flexibility index (Phi) is 4.27. The minimum Gasteiger partial charge on any atom is -0.223 e. The molecule has 0 saturated heterocycles. The maximum atomic E-state index is 3.70. The second-order valence-corrected chi connectivity index (χ2v) is 7.29. The van der Waals surface area contributed by atoms with Gasteiger partial charge < -0.3 is 0 Å². The summed E-state index contributed by atoms with van der Waals surface area (Å²) in [5.74, 6) is 0. The molecule has 0 unspecified atom stereocenters. The second-order valence-electron chi connectivity index (χ2n) is 3.14. The van der Waals surface area contributed by atoms with Gasteiger partial charge in [-0.1, -0.05) is 30.9 Å². The largest absolute Gasteiger partial charge is 0.223 e. The summed E-state index contributed by atoms with van der Waals surface area (Å²) in [5.41, 5.74) is 0. The molecule has 0 atom stereocenters. The molecular weight excluding hydrogens is 152 g/mol. The van der Waals surface area contributed by atoms with Gasteiger partial charge >= 0.3 is 0 Å². The average Bonchev–Trinajstić information content (AvgIpc) is 1.85. The van der Waals surface area contributed by atoms with E-state index in [1.807, 2.05) is 13.0 Å². The van der Waals surface area contributed by atoms with Gasteiger partial charge in [0.15, 0.2) is 0 Å². The van der Waals surface area contributed by atoms with Crippen molar-refractivity contribution in [1.82, 2.24) is 0 Å². The molecule has 0 aromatic rings. The highest BCUT2D eigenvalue weighted by Gasteiger charge is 2.06. The van der Waals surface area contributed by atoms with Crippen LogP contribution >= 0.6 is 10.0 Å². The van der Waals surface area contributed by atoms with E-state index < -0.39 is 10.0 Å². The maximum Gasteiger partial charge on any atom is -0.0110 e. The van der Waals surface area contributed by atoms with Gasteiger partial charge in [0, 0.05) is 0 Å². The number of allylic oxidation sites excluding steroid dienone is 4. The van der Waals surface area contributed by atoms with Gasteiger partial charge in [0.25, 0.3) is 0 Å². The summed E-state index contributed by atoms with van der Waals surface area (Å²) in [6.45, 7) is 5.74. The topological polar surface area (TPSA) is 0 Å². The van der Waals surface area contributed by atoms with Crippen molar-refractivity contribution in [2.24, 2.45) is 0 Å². The summed E-state index contributed by atoms with van der Waals surface area (Å²) in [7, 11) is -0.586. The standard InChI is InChI=1S/C10H18S/c1-6-8-10(9-7-2)11(3,4)5/h6-9H,1H2,2-5H3/b9-7-,10-8+. The van der Waals surface area contributed by atoms with Crippen molar-refractivity contribution in [2.75, 3.05) is 18.8 Å². The van der Waals surface area contributed by atoms with Crippen LogP contribution in [-0.4, -0.2) is 18.8 Å². The van der Waals surface area contributed by atoms with Crippen molar-refractivity contribution in [3.05, 3.63) is 35.8 Å². The minimum absolute atomic E-state index is 0.586. The van der Waals surface area contributed by atoms with Gasteiger partial charge in [0.1, 0.15) is 0 Å². The van der Waals surface area contributed by atoms with Crippen LogP contribution in [0.2, 0.25) is 0 Å². The highest BCUT2D eigenvalue weighted by Crippen LogP contribution is 2.45. The molecular formula is C10H18S. The smallest absolute Gasteiger partial charge is 0.0110 e. The molecule has 0 bridgehead atoms. The molecule has 11 heavy (non-hydrogen) atoms. The SMILES string of the molecule is C=C/C=C(\C=C/C)S(C)(C)C. The van der Waals surface area contributed by atoms with Crippen LogP contribution in [0.5, 0.6) is 0 Å². The Morgan fingerprint density at radius 1 is 1.27 bits per heavy atom. The second kappa shape index (κ2) is 4.45. The highest BCUT2D eigenvalue weighted by atomic mass is 32.3. The van der Waals surface area contributed by atoms with Crippen molar-refractivity contribution in [3.8, 4) is 0 Å². The molecule has 0 aliphatic rings. The van der Waals surface area contributed by atoms with E-state index in [0.29, 0.717) is 0 Å². The van der Waals surface area contributed by atoms with E-state index >= 15 is 0 Å². The Labute approximate surface area is 72.0 Å². The molecule has 0 spiro atoms. The fourth-order valence-electron chi connectivity index (χ4n) is 0.744. The first kappa shape index (κ1) is 10.6. The molecule has 0 N–H and O–H groups in total. The Bertz CT molecular complexity index is 180. The summed E-state index contributed by atoms with van der Waals surface area (Å²) < 4.78 is 0. The summed E-state index contributed by atoms with van der Waals surface area (Å²) in [4.78, 5) is 1.40. The van der Waals surface area contributed by atoms with Gasteiger partial charge in [-0.05, 0) is 30.6 Å². The van der Waals surface area contributed by atoms with Crippen molar-refractivity contribution in [2.45, 2.75) is 6.92 Å². The molecule has 0 aliphatic carbocycles. The van der Waals surface area contributed by atoms with Crippen LogP contribution in [0.15, 0.2) is 35.8 Å². The Hall–Kier alpha value is -0.430. The van der Waals surface area contributed by atoms with Gasteiger partial charge in [0.05, 0.1) is 0 Å². The molecule has 0 amide bonds. The normalized spacial score (nSPS) is 15.5. The number of hydrogen-bond acceptors (Lipinski definition) is 0. The molecule has 64 valence electrons. The predicted molar refractivity (Wildman–Crippen MR) is 58.5 cm³/mol. The average molecular weight is 170 g/mol. The van der Waals surface area contributed by atoms with E-state index in [1.54, 1.807) is 0 Å². The fourth-order valence-corrected chi connectivity index (χ4v) is 1.79. The van der Waals surface area contributed by atoms with Crippen LogP contribution in [0.4, 0.5) is 0 Å². The van der Waals surface area contributed by atoms with Crippen LogP contribution in [0, 0.1) is 0 Å². The van der Waals surface area contributed by atoms with E-state index in [2.05, 4.69) is 43.6 Å². The van der Waals surface area contributed by atoms with Crippen molar-refractivity contribution in [3.63, 3.8) is 0 Å². The maximum absolute atomic E-state index is 3.70. The van der Waals surface area contributed by atoms with Crippen LogP contribution < -0.4 is 0 Å². The van der Waals surface area contributed by atoms with Gasteiger partial charge in [-0.25, -0.2) is 10.0 Å². The third kappa shape index (κ3) is 4.10. The van der Waals surface area contributed by atoms with E-state index in [0.717, 1.165) is 0 Å². The predicted octanol–water partition coefficient (Wildman–Crippen LogP) is 3.33. The summed E-state index contributed by atoms with van der Waals surface area (Å²) >= 11 is 0. The van der Waals surface area contributed by atoms with Crippen LogP contribution in [0.25, 0.3) is 0 Å². The number of rotatable bonds is 3.